The summed E-state index contributed by atoms with van der Waals surface area (Å²) in [6, 6.07) is 8.65. The van der Waals surface area contributed by atoms with Gasteiger partial charge in [0, 0.05) is 6.04 Å². The molecule has 0 aliphatic carbocycles. The molecule has 1 heterocycles. The number of hydrogen-bond acceptors (Lipinski definition) is 4. The lowest BCUT2D eigenvalue weighted by Crippen LogP contribution is -2.20. The SMILES string of the molecule is CC(C)CCCCNC(C)c1cccc(-n2cnnn2)c1. The van der Waals surface area contributed by atoms with Gasteiger partial charge in [-0.2, -0.15) is 0 Å². The van der Waals surface area contributed by atoms with E-state index in [0.29, 0.717) is 6.04 Å². The van der Waals surface area contributed by atoms with Gasteiger partial charge in [0.2, 0.25) is 0 Å². The van der Waals surface area contributed by atoms with Crippen LogP contribution in [0.25, 0.3) is 5.69 Å². The number of tetrazole rings is 1. The first-order valence-electron chi connectivity index (χ1n) is 7.73. The molecular formula is C16H25N5. The lowest BCUT2D eigenvalue weighted by Gasteiger charge is -2.15. The molecular weight excluding hydrogens is 262 g/mol. The normalized spacial score (nSPS) is 12.8. The topological polar surface area (TPSA) is 55.6 Å². The summed E-state index contributed by atoms with van der Waals surface area (Å²) in [5.74, 6) is 0.801. The van der Waals surface area contributed by atoms with Crippen molar-refractivity contribution in [2.45, 2.75) is 46.1 Å². The Kier molecular flexibility index (Phi) is 5.87. The van der Waals surface area contributed by atoms with E-state index in [1.165, 1.54) is 24.8 Å². The van der Waals surface area contributed by atoms with Crippen molar-refractivity contribution in [3.05, 3.63) is 36.2 Å². The van der Waals surface area contributed by atoms with Crippen LogP contribution in [0.2, 0.25) is 0 Å². The summed E-state index contributed by atoms with van der Waals surface area (Å²) in [5, 5.41) is 14.9. The highest BCUT2D eigenvalue weighted by atomic mass is 15.5. The molecule has 0 saturated carbocycles. The molecule has 0 fully saturated rings. The van der Waals surface area contributed by atoms with Crippen LogP contribution in [-0.2, 0) is 0 Å². The minimum atomic E-state index is 0.334. The average Bonchev–Trinajstić information content (AvgIpc) is 3.01. The first kappa shape index (κ1) is 15.6. The number of aromatic nitrogens is 4. The van der Waals surface area contributed by atoms with Crippen LogP contribution in [0.3, 0.4) is 0 Å². The molecule has 0 saturated heterocycles. The van der Waals surface area contributed by atoms with Gasteiger partial charge in [-0.15, -0.1) is 5.10 Å². The molecule has 1 atom stereocenters. The minimum absolute atomic E-state index is 0.334. The highest BCUT2D eigenvalue weighted by molar-refractivity contribution is 5.35. The predicted molar refractivity (Wildman–Crippen MR) is 84.3 cm³/mol. The molecule has 21 heavy (non-hydrogen) atoms. The minimum Gasteiger partial charge on any atom is -0.310 e. The van der Waals surface area contributed by atoms with Gasteiger partial charge in [-0.05, 0) is 53.9 Å². The molecule has 114 valence electrons. The van der Waals surface area contributed by atoms with E-state index in [2.05, 4.69) is 53.7 Å². The molecule has 5 nitrogen and oxygen atoms in total. The second kappa shape index (κ2) is 7.88. The van der Waals surface area contributed by atoms with Gasteiger partial charge in [0.05, 0.1) is 5.69 Å². The maximum Gasteiger partial charge on any atom is 0.143 e. The van der Waals surface area contributed by atoms with Gasteiger partial charge in [0.25, 0.3) is 0 Å². The summed E-state index contributed by atoms with van der Waals surface area (Å²) < 4.78 is 1.68. The molecule has 2 aromatic rings. The molecule has 0 aliphatic rings. The van der Waals surface area contributed by atoms with Crippen molar-refractivity contribution in [1.82, 2.24) is 25.5 Å². The van der Waals surface area contributed by atoms with Crippen molar-refractivity contribution >= 4 is 0 Å². The fourth-order valence-electron chi connectivity index (χ4n) is 2.33. The van der Waals surface area contributed by atoms with Gasteiger partial charge in [-0.3, -0.25) is 0 Å². The van der Waals surface area contributed by atoms with E-state index in [1.807, 2.05) is 12.1 Å². The van der Waals surface area contributed by atoms with Gasteiger partial charge in [-0.25, -0.2) is 4.68 Å². The van der Waals surface area contributed by atoms with E-state index in [1.54, 1.807) is 11.0 Å². The Hall–Kier alpha value is -1.75. The largest absolute Gasteiger partial charge is 0.310 e. The summed E-state index contributed by atoms with van der Waals surface area (Å²) in [6.45, 7) is 7.81. The fraction of sp³-hybridized carbons (Fsp3) is 0.562. The molecule has 1 aromatic heterocycles. The first-order valence-corrected chi connectivity index (χ1v) is 7.73. The number of benzene rings is 1. The molecule has 2 rings (SSSR count). The third-order valence-corrected chi connectivity index (χ3v) is 3.64. The Balaban J connectivity index is 1.85. The summed E-state index contributed by atoms with van der Waals surface area (Å²) in [4.78, 5) is 0. The fourth-order valence-corrected chi connectivity index (χ4v) is 2.33. The van der Waals surface area contributed by atoms with Crippen LogP contribution in [0.4, 0.5) is 0 Å². The van der Waals surface area contributed by atoms with Crippen molar-refractivity contribution in [3.63, 3.8) is 0 Å². The molecule has 0 aliphatic heterocycles. The Morgan fingerprint density at radius 3 is 2.76 bits per heavy atom. The van der Waals surface area contributed by atoms with Gasteiger partial charge >= 0.3 is 0 Å². The highest BCUT2D eigenvalue weighted by Crippen LogP contribution is 2.16. The van der Waals surface area contributed by atoms with E-state index >= 15 is 0 Å². The van der Waals surface area contributed by atoms with Crippen LogP contribution in [0.1, 0.15) is 51.6 Å². The predicted octanol–water partition coefficient (Wildman–Crippen LogP) is 3.14. The average molecular weight is 287 g/mol. The van der Waals surface area contributed by atoms with Gasteiger partial charge in [0.15, 0.2) is 0 Å². The van der Waals surface area contributed by atoms with Crippen LogP contribution in [0, 0.1) is 5.92 Å². The van der Waals surface area contributed by atoms with Gasteiger partial charge in [-0.1, -0.05) is 38.8 Å². The van der Waals surface area contributed by atoms with Crippen LogP contribution >= 0.6 is 0 Å². The van der Waals surface area contributed by atoms with E-state index in [-0.39, 0.29) is 0 Å². The van der Waals surface area contributed by atoms with Crippen molar-refractivity contribution in [3.8, 4) is 5.69 Å². The van der Waals surface area contributed by atoms with Crippen molar-refractivity contribution < 1.29 is 0 Å². The van der Waals surface area contributed by atoms with Crippen molar-refractivity contribution in [2.24, 2.45) is 5.92 Å². The monoisotopic (exact) mass is 287 g/mol. The Labute approximate surface area is 126 Å². The number of rotatable bonds is 8. The first-order chi connectivity index (χ1) is 10.2. The molecule has 1 N–H and O–H groups in total. The molecule has 1 unspecified atom stereocenters. The Morgan fingerprint density at radius 1 is 1.19 bits per heavy atom. The Bertz CT molecular complexity index is 521. The van der Waals surface area contributed by atoms with E-state index in [0.717, 1.165) is 18.2 Å². The number of nitrogens with one attached hydrogen (secondary N) is 1. The van der Waals surface area contributed by atoms with Crippen LogP contribution in [-0.4, -0.2) is 26.8 Å². The maximum absolute atomic E-state index is 3.93. The number of hydrogen-bond donors (Lipinski definition) is 1. The second-order valence-corrected chi connectivity index (χ2v) is 5.91. The standard InChI is InChI=1S/C16H25N5/c1-13(2)7-4-5-10-17-14(3)15-8-6-9-16(11-15)21-12-18-19-20-21/h6,8-9,11-14,17H,4-5,7,10H2,1-3H3. The van der Waals surface area contributed by atoms with Crippen LogP contribution in [0.5, 0.6) is 0 Å². The maximum atomic E-state index is 3.93. The zero-order valence-corrected chi connectivity index (χ0v) is 13.2. The molecule has 1 aromatic carbocycles. The summed E-state index contributed by atoms with van der Waals surface area (Å²) >= 11 is 0. The molecule has 0 spiro atoms. The third-order valence-electron chi connectivity index (χ3n) is 3.64. The Morgan fingerprint density at radius 2 is 2.05 bits per heavy atom. The zero-order chi connectivity index (χ0) is 15.1. The third kappa shape index (κ3) is 4.93. The van der Waals surface area contributed by atoms with Crippen molar-refractivity contribution in [1.29, 1.82) is 0 Å². The van der Waals surface area contributed by atoms with Crippen LogP contribution < -0.4 is 5.32 Å². The summed E-state index contributed by atoms with van der Waals surface area (Å²) in [6.07, 6.45) is 5.45. The lowest BCUT2D eigenvalue weighted by atomic mass is 10.1. The van der Waals surface area contributed by atoms with Gasteiger partial charge in [0.1, 0.15) is 6.33 Å². The van der Waals surface area contributed by atoms with E-state index in [4.69, 9.17) is 0 Å². The molecule has 0 radical (unpaired) electrons. The van der Waals surface area contributed by atoms with Crippen molar-refractivity contribution in [2.75, 3.05) is 6.54 Å². The molecule has 5 heteroatoms. The molecule has 0 bridgehead atoms. The summed E-state index contributed by atoms with van der Waals surface area (Å²) in [7, 11) is 0. The quantitative estimate of drug-likeness (QED) is 0.758. The van der Waals surface area contributed by atoms with Gasteiger partial charge < -0.3 is 5.32 Å². The summed E-state index contributed by atoms with van der Waals surface area (Å²) in [5.41, 5.74) is 2.25. The van der Waals surface area contributed by atoms with E-state index in [9.17, 15) is 0 Å². The number of unbranched alkanes of at least 4 members (excludes halogenated alkanes) is 1. The number of nitrogens with zero attached hydrogens (tertiary/aromatic N) is 4. The van der Waals surface area contributed by atoms with E-state index < -0.39 is 0 Å². The highest BCUT2D eigenvalue weighted by Gasteiger charge is 2.06. The second-order valence-electron chi connectivity index (χ2n) is 5.91. The smallest absolute Gasteiger partial charge is 0.143 e. The molecule has 0 amide bonds. The lowest BCUT2D eigenvalue weighted by molar-refractivity contribution is 0.498. The van der Waals surface area contributed by atoms with Crippen LogP contribution in [0.15, 0.2) is 30.6 Å². The zero-order valence-electron chi connectivity index (χ0n) is 13.2.